The van der Waals surface area contributed by atoms with Gasteiger partial charge >= 0.3 is 0 Å². The van der Waals surface area contributed by atoms with Crippen molar-refractivity contribution in [2.24, 2.45) is 0 Å². The molecule has 0 aliphatic carbocycles. The van der Waals surface area contributed by atoms with Crippen molar-refractivity contribution >= 4 is 0 Å². The minimum atomic E-state index is 0.559. The maximum absolute atomic E-state index is 5.74. The Labute approximate surface area is 153 Å². The summed E-state index contributed by atoms with van der Waals surface area (Å²) in [6, 6.07) is 18.3. The second-order valence-electron chi connectivity index (χ2n) is 6.53. The van der Waals surface area contributed by atoms with E-state index in [-0.39, 0.29) is 0 Å². The van der Waals surface area contributed by atoms with Crippen molar-refractivity contribution in [3.8, 4) is 11.5 Å². The van der Waals surface area contributed by atoms with Crippen LogP contribution in [0.3, 0.4) is 0 Å². The van der Waals surface area contributed by atoms with Crippen molar-refractivity contribution < 1.29 is 9.47 Å². The van der Waals surface area contributed by atoms with Gasteiger partial charge in [-0.25, -0.2) is 0 Å². The zero-order valence-electron chi connectivity index (χ0n) is 15.6. The molecule has 0 saturated carbocycles. The first kappa shape index (κ1) is 19.4. The van der Waals surface area contributed by atoms with Crippen molar-refractivity contribution in [2.75, 3.05) is 13.2 Å². The lowest BCUT2D eigenvalue weighted by atomic mass is 10.0. The second-order valence-corrected chi connectivity index (χ2v) is 6.53. The Morgan fingerprint density at radius 1 is 0.600 bits per heavy atom. The molecule has 0 amide bonds. The molecule has 0 radical (unpaired) electrons. The van der Waals surface area contributed by atoms with Gasteiger partial charge in [0.05, 0.1) is 0 Å². The van der Waals surface area contributed by atoms with E-state index < -0.39 is 0 Å². The van der Waals surface area contributed by atoms with Crippen LogP contribution in [0.2, 0.25) is 0 Å². The highest BCUT2D eigenvalue weighted by Crippen LogP contribution is 2.15. The summed E-state index contributed by atoms with van der Waals surface area (Å²) in [4.78, 5) is 0. The van der Waals surface area contributed by atoms with Gasteiger partial charge < -0.3 is 9.47 Å². The number of aryl methyl sites for hydroxylation is 1. The molecule has 0 unspecified atom stereocenters. The van der Waals surface area contributed by atoms with Crippen LogP contribution in [0.15, 0.2) is 54.6 Å². The highest BCUT2D eigenvalue weighted by atomic mass is 16.5. The fourth-order valence-corrected chi connectivity index (χ4v) is 2.87. The first-order valence-corrected chi connectivity index (χ1v) is 9.78. The molecule has 0 saturated heterocycles. The first-order valence-electron chi connectivity index (χ1n) is 9.78. The minimum Gasteiger partial charge on any atom is -0.490 e. The summed E-state index contributed by atoms with van der Waals surface area (Å²) in [5, 5.41) is 0. The fraction of sp³-hybridized carbons (Fsp3) is 0.478. The Morgan fingerprint density at radius 2 is 1.16 bits per heavy atom. The molecule has 2 aromatic rings. The lowest BCUT2D eigenvalue weighted by Crippen LogP contribution is -2.08. The molecule has 0 aromatic heterocycles. The van der Waals surface area contributed by atoms with Gasteiger partial charge in [-0.3, -0.25) is 0 Å². The highest BCUT2D eigenvalue weighted by molar-refractivity contribution is 5.27. The van der Waals surface area contributed by atoms with Crippen LogP contribution in [0.1, 0.15) is 57.4 Å². The van der Waals surface area contributed by atoms with E-state index in [0.29, 0.717) is 13.2 Å². The number of rotatable bonds is 13. The van der Waals surface area contributed by atoms with Crippen molar-refractivity contribution in [1.82, 2.24) is 0 Å². The van der Waals surface area contributed by atoms with Gasteiger partial charge in [-0.1, -0.05) is 75.8 Å². The number of hydrogen-bond donors (Lipinski definition) is 0. The van der Waals surface area contributed by atoms with E-state index in [9.17, 15) is 0 Å². The first-order chi connectivity index (χ1) is 12.4. The quantitative estimate of drug-likeness (QED) is 0.391. The molecule has 0 aliphatic rings. The number of para-hydroxylation sites is 1. The van der Waals surface area contributed by atoms with Gasteiger partial charge in [0, 0.05) is 0 Å². The third kappa shape index (κ3) is 8.62. The van der Waals surface area contributed by atoms with Gasteiger partial charge in [0.2, 0.25) is 0 Å². The Hall–Kier alpha value is -1.96. The van der Waals surface area contributed by atoms with E-state index in [4.69, 9.17) is 9.47 Å². The number of ether oxygens (including phenoxy) is 2. The predicted octanol–water partition coefficient (Wildman–Crippen LogP) is 6.44. The van der Waals surface area contributed by atoms with E-state index in [1.54, 1.807) is 0 Å². The fourth-order valence-electron chi connectivity index (χ4n) is 2.87. The van der Waals surface area contributed by atoms with Crippen LogP contribution in [-0.4, -0.2) is 13.2 Å². The molecule has 2 rings (SSSR count). The molecule has 0 N–H and O–H groups in total. The van der Waals surface area contributed by atoms with E-state index in [2.05, 4.69) is 31.2 Å². The average Bonchev–Trinajstić information content (AvgIpc) is 2.66. The van der Waals surface area contributed by atoms with Crippen molar-refractivity contribution in [3.05, 3.63) is 60.2 Å². The van der Waals surface area contributed by atoms with Gasteiger partial charge in [-0.2, -0.15) is 0 Å². The summed E-state index contributed by atoms with van der Waals surface area (Å²) >= 11 is 0. The van der Waals surface area contributed by atoms with Gasteiger partial charge in [-0.15, -0.1) is 0 Å². The van der Waals surface area contributed by atoms with E-state index in [1.807, 2.05) is 30.3 Å². The number of hydrogen-bond acceptors (Lipinski definition) is 2. The number of benzene rings is 2. The number of unbranched alkanes of at least 4 members (excludes halogenated alkanes) is 6. The molecular weight excluding hydrogens is 308 g/mol. The Kier molecular flexibility index (Phi) is 9.61. The largest absolute Gasteiger partial charge is 0.490 e. The van der Waals surface area contributed by atoms with E-state index >= 15 is 0 Å². The van der Waals surface area contributed by atoms with E-state index in [0.717, 1.165) is 11.5 Å². The van der Waals surface area contributed by atoms with Gasteiger partial charge in [0.15, 0.2) is 0 Å². The smallest absolute Gasteiger partial charge is 0.122 e. The molecule has 0 spiro atoms. The summed E-state index contributed by atoms with van der Waals surface area (Å²) in [5.41, 5.74) is 1.40. The molecule has 0 heterocycles. The summed E-state index contributed by atoms with van der Waals surface area (Å²) in [6.45, 7) is 3.39. The normalized spacial score (nSPS) is 10.6. The Balaban J connectivity index is 1.55. The van der Waals surface area contributed by atoms with Crippen LogP contribution in [0.5, 0.6) is 11.5 Å². The Morgan fingerprint density at radius 3 is 1.80 bits per heavy atom. The lowest BCUT2D eigenvalue weighted by molar-refractivity contribution is 0.217. The van der Waals surface area contributed by atoms with Crippen molar-refractivity contribution in [1.29, 1.82) is 0 Å². The van der Waals surface area contributed by atoms with Crippen LogP contribution < -0.4 is 9.47 Å². The molecule has 0 bridgehead atoms. The maximum Gasteiger partial charge on any atom is 0.122 e. The van der Waals surface area contributed by atoms with Crippen LogP contribution >= 0.6 is 0 Å². The molecule has 136 valence electrons. The molecule has 0 fully saturated rings. The summed E-state index contributed by atoms with van der Waals surface area (Å²) in [6.07, 6.45) is 10.7. The second kappa shape index (κ2) is 12.4. The standard InChI is InChI=1S/C23H32O2/c1-2-3-4-5-6-7-9-12-21-15-17-23(18-16-21)25-20-19-24-22-13-10-8-11-14-22/h8,10-11,13-18H,2-7,9,12,19-20H2,1H3. The third-order valence-electron chi connectivity index (χ3n) is 4.36. The zero-order valence-corrected chi connectivity index (χ0v) is 15.6. The topological polar surface area (TPSA) is 18.5 Å². The lowest BCUT2D eigenvalue weighted by Gasteiger charge is -2.09. The maximum atomic E-state index is 5.74. The SMILES string of the molecule is CCCCCCCCCc1ccc(OCCOc2ccccc2)cc1. The summed E-state index contributed by atoms with van der Waals surface area (Å²) < 4.78 is 11.4. The van der Waals surface area contributed by atoms with Gasteiger partial charge in [-0.05, 0) is 42.7 Å². The van der Waals surface area contributed by atoms with Gasteiger partial charge in [0.25, 0.3) is 0 Å². The van der Waals surface area contributed by atoms with Gasteiger partial charge in [0.1, 0.15) is 24.7 Å². The monoisotopic (exact) mass is 340 g/mol. The molecule has 2 aromatic carbocycles. The van der Waals surface area contributed by atoms with E-state index in [1.165, 1.54) is 56.9 Å². The predicted molar refractivity (Wildman–Crippen MR) is 106 cm³/mol. The summed E-state index contributed by atoms with van der Waals surface area (Å²) in [7, 11) is 0. The third-order valence-corrected chi connectivity index (χ3v) is 4.36. The average molecular weight is 341 g/mol. The zero-order chi connectivity index (χ0) is 17.6. The van der Waals surface area contributed by atoms with Crippen LogP contribution in [0.25, 0.3) is 0 Å². The molecule has 2 nitrogen and oxygen atoms in total. The highest BCUT2D eigenvalue weighted by Gasteiger charge is 1.98. The molecular formula is C23H32O2. The minimum absolute atomic E-state index is 0.559. The molecule has 25 heavy (non-hydrogen) atoms. The molecule has 2 heteroatoms. The van der Waals surface area contributed by atoms with Crippen LogP contribution in [-0.2, 0) is 6.42 Å². The van der Waals surface area contributed by atoms with Crippen molar-refractivity contribution in [2.45, 2.75) is 58.3 Å². The summed E-state index contributed by atoms with van der Waals surface area (Å²) in [5.74, 6) is 1.80. The van der Waals surface area contributed by atoms with Crippen molar-refractivity contribution in [3.63, 3.8) is 0 Å². The molecule has 0 atom stereocenters. The Bertz CT molecular complexity index is 548. The molecule has 0 aliphatic heterocycles. The van der Waals surface area contributed by atoms with Crippen LogP contribution in [0, 0.1) is 0 Å². The van der Waals surface area contributed by atoms with Crippen LogP contribution in [0.4, 0.5) is 0 Å².